The molecule has 0 saturated carbocycles. The van der Waals surface area contributed by atoms with Crippen LogP contribution >= 0.6 is 23.5 Å². The van der Waals surface area contributed by atoms with Crippen LogP contribution in [0, 0.1) is 0 Å². The Morgan fingerprint density at radius 1 is 1.19 bits per heavy atom. The maximum absolute atomic E-state index is 12.1. The first kappa shape index (κ1) is 17.3. The van der Waals surface area contributed by atoms with Crippen molar-refractivity contribution in [1.82, 2.24) is 0 Å². The van der Waals surface area contributed by atoms with E-state index in [1.54, 1.807) is 24.3 Å². The molecule has 0 aliphatic carbocycles. The Morgan fingerprint density at radius 2 is 1.86 bits per heavy atom. The zero-order chi connectivity index (χ0) is 15.8. The number of ether oxygens (including phenoxy) is 1. The summed E-state index contributed by atoms with van der Waals surface area (Å²) < 4.78 is 5.26. The molecule has 7 heteroatoms. The van der Waals surface area contributed by atoms with Gasteiger partial charge >= 0.3 is 12.1 Å². The van der Waals surface area contributed by atoms with Crippen molar-refractivity contribution in [3.63, 3.8) is 0 Å². The highest BCUT2D eigenvalue weighted by atomic mass is 32.2. The number of hydrogen-bond acceptors (Lipinski definition) is 6. The van der Waals surface area contributed by atoms with E-state index >= 15 is 0 Å². The number of carbonyl (C=O) groups is 3. The van der Waals surface area contributed by atoms with Crippen molar-refractivity contribution in [2.75, 3.05) is 17.8 Å². The maximum atomic E-state index is 12.1. The van der Waals surface area contributed by atoms with Gasteiger partial charge < -0.3 is 4.74 Å². The van der Waals surface area contributed by atoms with Crippen molar-refractivity contribution in [3.8, 4) is 0 Å². The number of allylic oxidation sites excluding steroid dienone is 1. The molecular formula is C14H15NO4S2. The predicted octanol–water partition coefficient (Wildman–Crippen LogP) is 3.53. The van der Waals surface area contributed by atoms with Gasteiger partial charge in [0.1, 0.15) is 0 Å². The van der Waals surface area contributed by atoms with Gasteiger partial charge in [-0.3, -0.25) is 14.9 Å². The molecule has 0 aliphatic rings. The number of rotatable bonds is 5. The fourth-order valence-corrected chi connectivity index (χ4v) is 2.53. The molecule has 0 saturated heterocycles. The monoisotopic (exact) mass is 325 g/mol. The fourth-order valence-electron chi connectivity index (χ4n) is 1.42. The van der Waals surface area contributed by atoms with Crippen LogP contribution in [0.15, 0.2) is 34.6 Å². The highest BCUT2D eigenvalue weighted by molar-refractivity contribution is 8.21. The van der Waals surface area contributed by atoms with Crippen LogP contribution in [-0.4, -0.2) is 30.4 Å². The first-order chi connectivity index (χ1) is 9.96. The molecule has 112 valence electrons. The molecule has 0 atom stereocenters. The first-order valence-electron chi connectivity index (χ1n) is 5.89. The number of thioether (sulfide) groups is 2. The molecule has 1 aromatic carbocycles. The van der Waals surface area contributed by atoms with Crippen molar-refractivity contribution < 1.29 is 19.1 Å². The van der Waals surface area contributed by atoms with Gasteiger partial charge in [-0.25, -0.2) is 4.79 Å². The molecule has 5 nitrogen and oxygen atoms in total. The number of anilines is 1. The average Bonchev–Trinajstić information content (AvgIpc) is 2.43. The molecule has 1 amide bonds. The summed E-state index contributed by atoms with van der Waals surface area (Å²) in [5, 5.41) is 2.38. The zero-order valence-electron chi connectivity index (χ0n) is 11.8. The van der Waals surface area contributed by atoms with Crippen molar-refractivity contribution in [1.29, 1.82) is 0 Å². The topological polar surface area (TPSA) is 72.5 Å². The quantitative estimate of drug-likeness (QED) is 0.386. The second-order valence-corrected chi connectivity index (χ2v) is 5.78. The van der Waals surface area contributed by atoms with Crippen LogP contribution in [-0.2, 0) is 9.53 Å². The molecule has 0 fully saturated rings. The summed E-state index contributed by atoms with van der Waals surface area (Å²) in [6.45, 7) is 1.14. The average molecular weight is 325 g/mol. The Hall–Kier alpha value is -1.73. The number of carbonyl (C=O) groups excluding carboxylic acids is 3. The number of ketones is 1. The predicted molar refractivity (Wildman–Crippen MR) is 86.7 cm³/mol. The molecule has 1 aromatic rings. The zero-order valence-corrected chi connectivity index (χ0v) is 13.5. The van der Waals surface area contributed by atoms with E-state index in [-0.39, 0.29) is 5.78 Å². The van der Waals surface area contributed by atoms with E-state index in [9.17, 15) is 14.4 Å². The summed E-state index contributed by atoms with van der Waals surface area (Å²) in [4.78, 5) is 34.1. The number of nitrogens with one attached hydrogen (secondary N) is 1. The van der Waals surface area contributed by atoms with Crippen LogP contribution in [0.5, 0.6) is 0 Å². The Kier molecular flexibility index (Phi) is 7.04. The van der Waals surface area contributed by atoms with E-state index < -0.39 is 12.1 Å². The van der Waals surface area contributed by atoms with E-state index in [0.29, 0.717) is 11.3 Å². The molecule has 0 aliphatic heterocycles. The third-order valence-electron chi connectivity index (χ3n) is 2.28. The minimum Gasteiger partial charge on any atom is -0.376 e. The normalized spacial score (nSPS) is 9.67. The fraction of sp³-hybridized carbons (Fsp3) is 0.214. The van der Waals surface area contributed by atoms with Crippen molar-refractivity contribution >= 4 is 47.1 Å². The third kappa shape index (κ3) is 6.05. The van der Waals surface area contributed by atoms with E-state index in [0.717, 1.165) is 11.2 Å². The molecule has 0 unspecified atom stereocenters. The summed E-state index contributed by atoms with van der Waals surface area (Å²) in [5.41, 5.74) is 0.826. The lowest BCUT2D eigenvalue weighted by Gasteiger charge is -2.05. The van der Waals surface area contributed by atoms with E-state index in [1.165, 1.54) is 29.6 Å². The first-order valence-corrected chi connectivity index (χ1v) is 8.34. The van der Waals surface area contributed by atoms with Gasteiger partial charge in [-0.05, 0) is 24.6 Å². The number of amides is 1. The maximum Gasteiger partial charge on any atom is 0.419 e. The summed E-state index contributed by atoms with van der Waals surface area (Å²) >= 11 is 2.98. The Bertz CT molecular complexity index is 578. The lowest BCUT2D eigenvalue weighted by Crippen LogP contribution is -2.16. The van der Waals surface area contributed by atoms with E-state index in [2.05, 4.69) is 10.1 Å². The number of esters is 1. The van der Waals surface area contributed by atoms with Crippen molar-refractivity contribution in [3.05, 3.63) is 40.1 Å². The minimum atomic E-state index is -0.878. The van der Waals surface area contributed by atoms with Gasteiger partial charge in [0.2, 0.25) is 0 Å². The Morgan fingerprint density at radius 3 is 2.43 bits per heavy atom. The molecule has 0 aromatic heterocycles. The molecule has 0 bridgehead atoms. The van der Waals surface area contributed by atoms with Crippen molar-refractivity contribution in [2.24, 2.45) is 0 Å². The molecule has 21 heavy (non-hydrogen) atoms. The summed E-state index contributed by atoms with van der Waals surface area (Å²) in [6.07, 6.45) is 4.45. The highest BCUT2D eigenvalue weighted by Gasteiger charge is 2.09. The van der Waals surface area contributed by atoms with E-state index in [1.807, 2.05) is 12.5 Å². The second-order valence-electron chi connectivity index (χ2n) is 3.82. The smallest absolute Gasteiger partial charge is 0.376 e. The standard InChI is InChI=1S/C14H15NO4S2/c1-9(16)19-14(18)15-11-6-4-5-10(7-11)12(17)8-13(20-2)21-3/h4-8H,1-3H3,(H,15,18). The van der Waals surface area contributed by atoms with Crippen LogP contribution in [0.3, 0.4) is 0 Å². The second kappa shape index (κ2) is 8.53. The minimum absolute atomic E-state index is 0.155. The summed E-state index contributed by atoms with van der Waals surface area (Å²) in [5.74, 6) is -0.857. The molecule has 0 spiro atoms. The summed E-state index contributed by atoms with van der Waals surface area (Å²) in [6, 6.07) is 6.42. The van der Waals surface area contributed by atoms with Crippen LogP contribution in [0.4, 0.5) is 10.5 Å². The Labute approximate surface area is 131 Å². The number of benzene rings is 1. The molecule has 0 radical (unpaired) electrons. The van der Waals surface area contributed by atoms with Gasteiger partial charge in [0.05, 0.1) is 0 Å². The molecule has 1 N–H and O–H groups in total. The van der Waals surface area contributed by atoms with Crippen LogP contribution in [0.2, 0.25) is 0 Å². The Balaban J connectivity index is 2.85. The highest BCUT2D eigenvalue weighted by Crippen LogP contribution is 2.24. The number of hydrogen-bond donors (Lipinski definition) is 1. The van der Waals surface area contributed by atoms with Gasteiger partial charge in [0.15, 0.2) is 5.78 Å². The van der Waals surface area contributed by atoms with Crippen LogP contribution in [0.1, 0.15) is 17.3 Å². The molecule has 0 heterocycles. The van der Waals surface area contributed by atoms with Gasteiger partial charge in [-0.15, -0.1) is 23.5 Å². The third-order valence-corrected chi connectivity index (χ3v) is 4.32. The van der Waals surface area contributed by atoms with Gasteiger partial charge in [0, 0.05) is 28.5 Å². The summed E-state index contributed by atoms with van der Waals surface area (Å²) in [7, 11) is 0. The lowest BCUT2D eigenvalue weighted by atomic mass is 10.1. The van der Waals surface area contributed by atoms with E-state index in [4.69, 9.17) is 0 Å². The molecule has 1 rings (SSSR count). The SMILES string of the molecule is CSC(=CC(=O)c1cccc(NC(=O)OC(C)=O)c1)SC. The molecular weight excluding hydrogens is 310 g/mol. The van der Waals surface area contributed by atoms with Crippen LogP contribution < -0.4 is 5.32 Å². The van der Waals surface area contributed by atoms with Crippen LogP contribution in [0.25, 0.3) is 0 Å². The van der Waals surface area contributed by atoms with Gasteiger partial charge in [-0.2, -0.15) is 0 Å². The van der Waals surface area contributed by atoms with Crippen molar-refractivity contribution in [2.45, 2.75) is 6.92 Å². The largest absolute Gasteiger partial charge is 0.419 e. The van der Waals surface area contributed by atoms with Gasteiger partial charge in [-0.1, -0.05) is 12.1 Å². The lowest BCUT2D eigenvalue weighted by molar-refractivity contribution is -0.134. The van der Waals surface area contributed by atoms with Gasteiger partial charge in [0.25, 0.3) is 0 Å².